The lowest BCUT2D eigenvalue weighted by Gasteiger charge is -2.13. The van der Waals surface area contributed by atoms with Gasteiger partial charge in [0.1, 0.15) is 6.26 Å². The van der Waals surface area contributed by atoms with Gasteiger partial charge >= 0.3 is 24.4 Å². The minimum absolute atomic E-state index is 0.574. The minimum atomic E-state index is -4.35. The van der Waals surface area contributed by atoms with Gasteiger partial charge in [0.25, 0.3) is 0 Å². The van der Waals surface area contributed by atoms with Gasteiger partial charge in [0.05, 0.1) is 0 Å². The second kappa shape index (κ2) is 4.37. The number of oxazole rings is 1. The van der Waals surface area contributed by atoms with Gasteiger partial charge in [-0.25, -0.2) is 13.6 Å². The third kappa shape index (κ3) is 2.84. The molecule has 0 aliphatic heterocycles. The summed E-state index contributed by atoms with van der Waals surface area (Å²) in [4.78, 5) is 13.4. The summed E-state index contributed by atoms with van der Waals surface area (Å²) in [7, 11) is 0. The number of ether oxygens (including phenoxy) is 1. The zero-order chi connectivity index (χ0) is 12.3. The van der Waals surface area contributed by atoms with Gasteiger partial charge in [0, 0.05) is 0 Å². The van der Waals surface area contributed by atoms with Crippen LogP contribution in [0.4, 0.5) is 17.6 Å². The second-order valence-electron chi connectivity index (χ2n) is 2.65. The molecule has 1 aromatic heterocycles. The van der Waals surface area contributed by atoms with Crippen molar-refractivity contribution in [3.63, 3.8) is 0 Å². The Morgan fingerprint density at radius 2 is 2.25 bits per heavy atom. The number of hydrogen-bond acceptors (Lipinski definition) is 4. The van der Waals surface area contributed by atoms with Gasteiger partial charge in [0.15, 0.2) is 12.3 Å². The monoisotopic (exact) mass is 243 g/mol. The normalized spacial score (nSPS) is 11.8. The average molecular weight is 243 g/mol. The average Bonchev–Trinajstić information content (AvgIpc) is 2.63. The number of alkyl halides is 4. The highest BCUT2D eigenvalue weighted by atomic mass is 19.3. The van der Waals surface area contributed by atoms with Gasteiger partial charge in [-0.2, -0.15) is 13.8 Å². The molecule has 0 aliphatic carbocycles. The van der Waals surface area contributed by atoms with Crippen molar-refractivity contribution < 1.29 is 36.6 Å². The molecule has 0 radical (unpaired) electrons. The van der Waals surface area contributed by atoms with Crippen LogP contribution in [0.5, 0.6) is 6.08 Å². The molecule has 1 rings (SSSR count). The number of carboxylic acids is 1. The largest absolute Gasteiger partial charge is 0.476 e. The van der Waals surface area contributed by atoms with E-state index in [9.17, 15) is 22.4 Å². The summed E-state index contributed by atoms with van der Waals surface area (Å²) in [5.41, 5.74) is -0.574. The fourth-order valence-corrected chi connectivity index (χ4v) is 0.643. The molecule has 16 heavy (non-hydrogen) atoms. The van der Waals surface area contributed by atoms with E-state index in [1.807, 2.05) is 0 Å². The van der Waals surface area contributed by atoms with E-state index in [1.54, 1.807) is 0 Å². The highest BCUT2D eigenvalue weighted by Gasteiger charge is 2.42. The summed E-state index contributed by atoms with van der Waals surface area (Å²) in [6.45, 7) is -1.65. The molecule has 0 aliphatic rings. The zero-order valence-corrected chi connectivity index (χ0v) is 7.49. The third-order valence-electron chi connectivity index (χ3n) is 1.41. The summed E-state index contributed by atoms with van der Waals surface area (Å²) in [6.07, 6.45) is -4.06. The molecule has 90 valence electrons. The first-order valence-electron chi connectivity index (χ1n) is 3.80. The molecular weight excluding hydrogens is 238 g/mol. The van der Waals surface area contributed by atoms with Gasteiger partial charge in [0.2, 0.25) is 0 Å². The first-order valence-corrected chi connectivity index (χ1v) is 3.80. The second-order valence-corrected chi connectivity index (χ2v) is 2.65. The SMILES string of the molecule is O=C(O)c1coc(OCC(F)(F)C(F)F)n1. The molecule has 1 N–H and O–H groups in total. The number of carbonyl (C=O) groups is 1. The number of aromatic carboxylic acids is 1. The molecule has 0 spiro atoms. The van der Waals surface area contributed by atoms with Crippen LogP contribution in [0.15, 0.2) is 10.7 Å². The van der Waals surface area contributed by atoms with Crippen molar-refractivity contribution >= 4 is 5.97 Å². The van der Waals surface area contributed by atoms with Gasteiger partial charge in [-0.15, -0.1) is 0 Å². The number of rotatable bonds is 5. The Morgan fingerprint density at radius 3 is 2.69 bits per heavy atom. The molecule has 9 heteroatoms. The lowest BCUT2D eigenvalue weighted by Crippen LogP contribution is -2.33. The Labute approximate surface area is 85.6 Å². The molecule has 1 heterocycles. The van der Waals surface area contributed by atoms with Crippen molar-refractivity contribution in [2.24, 2.45) is 0 Å². The summed E-state index contributed by atoms with van der Waals surface area (Å²) in [6, 6.07) is 0. The zero-order valence-electron chi connectivity index (χ0n) is 7.49. The maximum Gasteiger partial charge on any atom is 0.394 e. The topological polar surface area (TPSA) is 72.6 Å². The smallest absolute Gasteiger partial charge is 0.394 e. The minimum Gasteiger partial charge on any atom is -0.476 e. The standard InChI is InChI=1S/C7H5F4NO4/c8-5(9)7(10,11)2-16-6-12-3(1-15-6)4(13)14/h1,5H,2H2,(H,13,14). The summed E-state index contributed by atoms with van der Waals surface area (Å²) in [5, 5.41) is 8.37. The van der Waals surface area contributed by atoms with E-state index < -0.39 is 36.7 Å². The van der Waals surface area contributed by atoms with Gasteiger partial charge < -0.3 is 14.3 Å². The third-order valence-corrected chi connectivity index (χ3v) is 1.41. The van der Waals surface area contributed by atoms with E-state index in [0.29, 0.717) is 6.26 Å². The van der Waals surface area contributed by atoms with Crippen molar-refractivity contribution in [3.05, 3.63) is 12.0 Å². The van der Waals surface area contributed by atoms with Crippen LogP contribution in [-0.4, -0.2) is 35.0 Å². The van der Waals surface area contributed by atoms with Crippen LogP contribution < -0.4 is 4.74 Å². The first-order chi connectivity index (χ1) is 7.33. The van der Waals surface area contributed by atoms with Crippen molar-refractivity contribution in [2.45, 2.75) is 12.3 Å². The van der Waals surface area contributed by atoms with Crippen molar-refractivity contribution in [3.8, 4) is 6.08 Å². The van der Waals surface area contributed by atoms with E-state index in [-0.39, 0.29) is 0 Å². The van der Waals surface area contributed by atoms with E-state index in [2.05, 4.69) is 14.1 Å². The molecule has 0 saturated heterocycles. The van der Waals surface area contributed by atoms with Gasteiger partial charge in [-0.05, 0) is 0 Å². The van der Waals surface area contributed by atoms with Crippen LogP contribution in [0.3, 0.4) is 0 Å². The fraction of sp³-hybridized carbons (Fsp3) is 0.429. The summed E-state index contributed by atoms with van der Waals surface area (Å²) < 4.78 is 56.4. The molecule has 1 aromatic rings. The van der Waals surface area contributed by atoms with Crippen LogP contribution >= 0.6 is 0 Å². The lowest BCUT2D eigenvalue weighted by molar-refractivity contribution is -0.151. The van der Waals surface area contributed by atoms with Crippen molar-refractivity contribution in [1.29, 1.82) is 0 Å². The molecule has 0 amide bonds. The predicted molar refractivity (Wildman–Crippen MR) is 39.9 cm³/mol. The summed E-state index contributed by atoms with van der Waals surface area (Å²) in [5.74, 6) is -5.81. The molecule has 0 unspecified atom stereocenters. The summed E-state index contributed by atoms with van der Waals surface area (Å²) >= 11 is 0. The number of halogens is 4. The van der Waals surface area contributed by atoms with Gasteiger partial charge in [-0.1, -0.05) is 0 Å². The number of aromatic nitrogens is 1. The van der Waals surface area contributed by atoms with Gasteiger partial charge in [-0.3, -0.25) is 0 Å². The van der Waals surface area contributed by atoms with E-state index in [0.717, 1.165) is 0 Å². The fourth-order valence-electron chi connectivity index (χ4n) is 0.643. The number of carboxylic acid groups (broad SMARTS) is 1. The Hall–Kier alpha value is -1.80. The maximum absolute atomic E-state index is 12.3. The first kappa shape index (κ1) is 12.3. The molecule has 0 bridgehead atoms. The Morgan fingerprint density at radius 1 is 1.62 bits per heavy atom. The maximum atomic E-state index is 12.3. The highest BCUT2D eigenvalue weighted by Crippen LogP contribution is 2.23. The Balaban J connectivity index is 2.58. The van der Waals surface area contributed by atoms with Crippen molar-refractivity contribution in [1.82, 2.24) is 4.98 Å². The molecule has 0 fully saturated rings. The predicted octanol–water partition coefficient (Wildman–Crippen LogP) is 1.65. The van der Waals surface area contributed by atoms with E-state index >= 15 is 0 Å². The Kier molecular flexibility index (Phi) is 3.35. The molecule has 0 aromatic carbocycles. The van der Waals surface area contributed by atoms with Crippen LogP contribution in [0.1, 0.15) is 10.5 Å². The van der Waals surface area contributed by atoms with Crippen LogP contribution in [-0.2, 0) is 0 Å². The Bertz CT molecular complexity index is 378. The number of hydrogen-bond donors (Lipinski definition) is 1. The molecule has 0 atom stereocenters. The van der Waals surface area contributed by atoms with E-state index in [4.69, 9.17) is 5.11 Å². The molecule has 0 saturated carbocycles. The van der Waals surface area contributed by atoms with E-state index in [1.165, 1.54) is 0 Å². The molecular formula is C7H5F4NO4. The lowest BCUT2D eigenvalue weighted by atomic mass is 10.4. The van der Waals surface area contributed by atoms with Crippen LogP contribution in [0.2, 0.25) is 0 Å². The van der Waals surface area contributed by atoms with Crippen LogP contribution in [0, 0.1) is 0 Å². The quantitative estimate of drug-likeness (QED) is 0.796. The van der Waals surface area contributed by atoms with Crippen LogP contribution in [0.25, 0.3) is 0 Å². The number of nitrogens with zero attached hydrogens (tertiary/aromatic N) is 1. The molecule has 5 nitrogen and oxygen atoms in total. The highest BCUT2D eigenvalue weighted by molar-refractivity contribution is 5.84. The van der Waals surface area contributed by atoms with Crippen molar-refractivity contribution in [2.75, 3.05) is 6.61 Å².